The van der Waals surface area contributed by atoms with Crippen molar-refractivity contribution in [3.63, 3.8) is 0 Å². The van der Waals surface area contributed by atoms with Crippen LogP contribution in [0.3, 0.4) is 0 Å². The van der Waals surface area contributed by atoms with Crippen LogP contribution < -0.4 is 15.5 Å². The number of hydrogen-bond donors (Lipinski definition) is 2. The third-order valence-electron chi connectivity index (χ3n) is 7.69. The summed E-state index contributed by atoms with van der Waals surface area (Å²) in [5, 5.41) is 18.8. The number of hydrogen-bond acceptors (Lipinski definition) is 9. The molecule has 2 aromatic heterocycles. The summed E-state index contributed by atoms with van der Waals surface area (Å²) >= 11 is 0. The summed E-state index contributed by atoms with van der Waals surface area (Å²) in [5.41, 5.74) is 10.4. The van der Waals surface area contributed by atoms with Gasteiger partial charge in [0.1, 0.15) is 11.4 Å². The molecule has 3 saturated heterocycles. The van der Waals surface area contributed by atoms with Crippen molar-refractivity contribution in [2.75, 3.05) is 54.9 Å². The quantitative estimate of drug-likeness (QED) is 0.484. The fourth-order valence-corrected chi connectivity index (χ4v) is 5.87. The summed E-state index contributed by atoms with van der Waals surface area (Å²) in [4.78, 5) is 11.6. The SMILES string of the molecule is CCOC1CN(CC#Cc2cc(N3C4CCC3CN(c3cc(-c5ccccc5O)nnc3N)C4)ccn2)C1. The molecule has 3 fully saturated rings. The van der Waals surface area contributed by atoms with Crippen LogP contribution in [0.2, 0.25) is 0 Å². The molecule has 0 aliphatic carbocycles. The second-order valence-electron chi connectivity index (χ2n) is 10.2. The van der Waals surface area contributed by atoms with E-state index < -0.39 is 0 Å². The maximum atomic E-state index is 10.3. The lowest BCUT2D eigenvalue weighted by Gasteiger charge is -2.43. The second kappa shape index (κ2) is 10.5. The zero-order valence-corrected chi connectivity index (χ0v) is 21.6. The third kappa shape index (κ3) is 4.85. The maximum Gasteiger partial charge on any atom is 0.169 e. The van der Waals surface area contributed by atoms with Gasteiger partial charge in [-0.05, 0) is 56.0 Å². The number of benzene rings is 1. The van der Waals surface area contributed by atoms with Gasteiger partial charge in [-0.2, -0.15) is 0 Å². The van der Waals surface area contributed by atoms with Crippen LogP contribution in [0.4, 0.5) is 17.2 Å². The molecule has 9 heteroatoms. The first kappa shape index (κ1) is 24.5. The zero-order valence-electron chi connectivity index (χ0n) is 21.6. The van der Waals surface area contributed by atoms with E-state index >= 15 is 0 Å². The predicted octanol–water partition coefficient (Wildman–Crippen LogP) is 2.76. The molecule has 3 aromatic rings. The number of fused-ring (bicyclic) bond motifs is 2. The van der Waals surface area contributed by atoms with Crippen LogP contribution in [0, 0.1) is 11.8 Å². The van der Waals surface area contributed by atoms with Gasteiger partial charge in [0, 0.05) is 62.3 Å². The molecule has 196 valence electrons. The Morgan fingerprint density at radius 2 is 1.84 bits per heavy atom. The molecule has 3 N–H and O–H groups in total. The molecule has 2 unspecified atom stereocenters. The Morgan fingerprint density at radius 3 is 2.61 bits per heavy atom. The van der Waals surface area contributed by atoms with Crippen LogP contribution in [0.1, 0.15) is 25.5 Å². The highest BCUT2D eigenvalue weighted by molar-refractivity contribution is 5.74. The molecule has 2 atom stereocenters. The fraction of sp³-hybridized carbons (Fsp3) is 0.414. The van der Waals surface area contributed by atoms with Crippen LogP contribution in [0.25, 0.3) is 11.3 Å². The summed E-state index contributed by atoms with van der Waals surface area (Å²) in [7, 11) is 0. The van der Waals surface area contributed by atoms with Crippen molar-refractivity contribution >= 4 is 17.2 Å². The van der Waals surface area contributed by atoms with Gasteiger partial charge in [-0.25, -0.2) is 4.98 Å². The molecule has 0 radical (unpaired) electrons. The van der Waals surface area contributed by atoms with Crippen LogP contribution in [-0.4, -0.2) is 82.7 Å². The predicted molar refractivity (Wildman–Crippen MR) is 148 cm³/mol. The van der Waals surface area contributed by atoms with Gasteiger partial charge < -0.3 is 25.4 Å². The van der Waals surface area contributed by atoms with Crippen molar-refractivity contribution in [2.24, 2.45) is 0 Å². The molecule has 3 aliphatic rings. The van der Waals surface area contributed by atoms with Crippen molar-refractivity contribution in [1.29, 1.82) is 0 Å². The number of aromatic hydroxyl groups is 1. The van der Waals surface area contributed by atoms with E-state index in [0.717, 1.165) is 63.6 Å². The second-order valence-corrected chi connectivity index (χ2v) is 10.2. The van der Waals surface area contributed by atoms with E-state index in [1.165, 1.54) is 5.69 Å². The Hall–Kier alpha value is -3.87. The monoisotopic (exact) mass is 511 g/mol. The van der Waals surface area contributed by atoms with Gasteiger partial charge in [-0.1, -0.05) is 18.1 Å². The van der Waals surface area contributed by atoms with Gasteiger partial charge in [0.15, 0.2) is 5.82 Å². The Balaban J connectivity index is 1.15. The summed E-state index contributed by atoms with van der Waals surface area (Å²) in [5.74, 6) is 7.12. The number of nitrogens with zero attached hydrogens (tertiary/aromatic N) is 6. The van der Waals surface area contributed by atoms with Crippen LogP contribution in [0.5, 0.6) is 5.75 Å². The van der Waals surface area contributed by atoms with Crippen LogP contribution in [-0.2, 0) is 4.74 Å². The minimum atomic E-state index is 0.179. The van der Waals surface area contributed by atoms with Gasteiger partial charge in [-0.3, -0.25) is 4.90 Å². The summed E-state index contributed by atoms with van der Waals surface area (Å²) < 4.78 is 5.62. The summed E-state index contributed by atoms with van der Waals surface area (Å²) in [6.45, 7) is 7.13. The Bertz CT molecular complexity index is 1350. The third-order valence-corrected chi connectivity index (χ3v) is 7.69. The number of nitrogen functional groups attached to an aromatic ring is 1. The Kier molecular flexibility index (Phi) is 6.75. The number of phenols is 1. The minimum absolute atomic E-state index is 0.179. The standard InChI is InChI=1S/C29H33N7O2/c1-2-38-24-18-34(19-24)13-5-6-20-14-21(11-12-31-20)36-22-9-10-23(36)17-35(16-22)27-15-26(32-33-29(27)30)25-7-3-4-8-28(25)37/h3-4,7-8,11-12,14-15,22-24,37H,2,9-10,13,16-19H2,1H3,(H2,30,33). The smallest absolute Gasteiger partial charge is 0.169 e. The fourth-order valence-electron chi connectivity index (χ4n) is 5.87. The number of para-hydroxylation sites is 1. The molecule has 0 saturated carbocycles. The van der Waals surface area contributed by atoms with Crippen molar-refractivity contribution < 1.29 is 9.84 Å². The van der Waals surface area contributed by atoms with E-state index in [1.54, 1.807) is 12.1 Å². The molecule has 1 aromatic carbocycles. The molecule has 2 bridgehead atoms. The topological polar surface area (TPSA) is 104 Å². The maximum absolute atomic E-state index is 10.3. The highest BCUT2D eigenvalue weighted by Gasteiger charge is 2.40. The van der Waals surface area contributed by atoms with Crippen LogP contribution in [0.15, 0.2) is 48.7 Å². The number of piperazine rings is 1. The number of anilines is 3. The lowest BCUT2D eigenvalue weighted by molar-refractivity contribution is -0.0435. The lowest BCUT2D eigenvalue weighted by atomic mass is 10.1. The van der Waals surface area contributed by atoms with Gasteiger partial charge in [0.05, 0.1) is 24.0 Å². The molecule has 3 aliphatic heterocycles. The van der Waals surface area contributed by atoms with E-state index in [4.69, 9.17) is 10.5 Å². The van der Waals surface area contributed by atoms with Crippen molar-refractivity contribution in [2.45, 2.75) is 38.0 Å². The Morgan fingerprint density at radius 1 is 1.05 bits per heavy atom. The largest absolute Gasteiger partial charge is 0.507 e. The number of pyridine rings is 1. The average molecular weight is 512 g/mol. The summed E-state index contributed by atoms with van der Waals surface area (Å²) in [6, 6.07) is 14.0. The van der Waals surface area contributed by atoms with E-state index in [0.29, 0.717) is 35.3 Å². The molecule has 38 heavy (non-hydrogen) atoms. The highest BCUT2D eigenvalue weighted by Crippen LogP contribution is 2.39. The summed E-state index contributed by atoms with van der Waals surface area (Å²) in [6.07, 6.45) is 4.45. The minimum Gasteiger partial charge on any atom is -0.507 e. The molecule has 6 rings (SSSR count). The first-order valence-corrected chi connectivity index (χ1v) is 13.3. The van der Waals surface area contributed by atoms with Crippen molar-refractivity contribution in [3.05, 3.63) is 54.4 Å². The zero-order chi connectivity index (χ0) is 26.1. The highest BCUT2D eigenvalue weighted by atomic mass is 16.5. The normalized spacial score (nSPS) is 21.2. The lowest BCUT2D eigenvalue weighted by Crippen LogP contribution is -2.54. The first-order valence-electron chi connectivity index (χ1n) is 13.3. The molecular weight excluding hydrogens is 478 g/mol. The number of likely N-dealkylation sites (tertiary alicyclic amines) is 1. The number of ether oxygens (including phenoxy) is 1. The average Bonchev–Trinajstić information content (AvgIpc) is 3.17. The number of phenolic OH excluding ortho intramolecular Hbond substituents is 1. The number of rotatable bonds is 6. The van der Waals surface area contributed by atoms with E-state index in [1.807, 2.05) is 31.3 Å². The molecule has 0 spiro atoms. The van der Waals surface area contributed by atoms with Gasteiger partial charge in [-0.15, -0.1) is 10.2 Å². The van der Waals surface area contributed by atoms with Gasteiger partial charge >= 0.3 is 0 Å². The molecule has 0 amide bonds. The number of nitrogens with two attached hydrogens (primary N) is 1. The van der Waals surface area contributed by atoms with E-state index in [9.17, 15) is 5.11 Å². The van der Waals surface area contributed by atoms with Crippen molar-refractivity contribution in [3.8, 4) is 28.8 Å². The Labute approximate surface area is 223 Å². The van der Waals surface area contributed by atoms with Crippen LogP contribution >= 0.6 is 0 Å². The van der Waals surface area contributed by atoms with Crippen molar-refractivity contribution in [1.82, 2.24) is 20.1 Å². The van der Waals surface area contributed by atoms with Gasteiger partial charge in [0.25, 0.3) is 0 Å². The van der Waals surface area contributed by atoms with E-state index in [2.05, 4.69) is 53.9 Å². The number of aromatic nitrogens is 3. The molecule has 5 heterocycles. The van der Waals surface area contributed by atoms with E-state index in [-0.39, 0.29) is 5.75 Å². The molecular formula is C29H33N7O2. The first-order chi connectivity index (χ1) is 18.6. The molecule has 9 nitrogen and oxygen atoms in total. The van der Waals surface area contributed by atoms with Gasteiger partial charge in [0.2, 0.25) is 0 Å².